The van der Waals surface area contributed by atoms with E-state index in [1.165, 1.54) is 34.9 Å². The highest BCUT2D eigenvalue weighted by molar-refractivity contribution is 6.03. The predicted octanol–water partition coefficient (Wildman–Crippen LogP) is 3.57. The number of carbonyl (C=O) groups excluding carboxylic acids is 1. The number of hydrogen-bond donors (Lipinski definition) is 0. The Hall–Kier alpha value is -1.57. The van der Waals surface area contributed by atoms with Crippen LogP contribution >= 0.6 is 0 Å². The number of carbonyl (C=O) groups is 1. The van der Waals surface area contributed by atoms with E-state index in [0.717, 1.165) is 5.69 Å². The van der Waals surface area contributed by atoms with Gasteiger partial charge in [0.15, 0.2) is 5.78 Å². The molecule has 1 saturated carbocycles. The first-order chi connectivity index (χ1) is 8.11. The van der Waals surface area contributed by atoms with Crippen molar-refractivity contribution in [3.05, 3.63) is 35.0 Å². The third-order valence-corrected chi connectivity index (χ3v) is 3.77. The Kier molecular flexibility index (Phi) is 2.15. The summed E-state index contributed by atoms with van der Waals surface area (Å²) in [6.07, 6.45) is 2.46. The Balaban J connectivity index is 2.45. The van der Waals surface area contributed by atoms with E-state index in [1.807, 2.05) is 7.05 Å². The van der Waals surface area contributed by atoms with E-state index in [2.05, 4.69) is 29.7 Å². The van der Waals surface area contributed by atoms with Crippen LogP contribution in [0, 0.1) is 6.92 Å². The summed E-state index contributed by atoms with van der Waals surface area (Å²) in [5, 5.41) is 1.28. The van der Waals surface area contributed by atoms with Crippen molar-refractivity contribution in [2.75, 3.05) is 0 Å². The van der Waals surface area contributed by atoms with Gasteiger partial charge in [-0.2, -0.15) is 0 Å². The van der Waals surface area contributed by atoms with E-state index >= 15 is 0 Å². The van der Waals surface area contributed by atoms with Gasteiger partial charge in [-0.1, -0.05) is 18.2 Å². The van der Waals surface area contributed by atoms with Crippen LogP contribution in [0.2, 0.25) is 0 Å². The summed E-state index contributed by atoms with van der Waals surface area (Å²) in [6, 6.07) is 6.36. The highest BCUT2D eigenvalue weighted by Crippen LogP contribution is 2.46. The first kappa shape index (κ1) is 10.6. The largest absolute Gasteiger partial charge is 0.341 e. The topological polar surface area (TPSA) is 22.0 Å². The van der Waals surface area contributed by atoms with Gasteiger partial charge in [0.05, 0.1) is 11.2 Å². The molecular weight excluding hydrogens is 210 g/mol. The van der Waals surface area contributed by atoms with Crippen LogP contribution in [-0.2, 0) is 7.05 Å². The second kappa shape index (κ2) is 3.46. The molecule has 88 valence electrons. The monoisotopic (exact) mass is 227 g/mol. The number of hydrogen-bond acceptors (Lipinski definition) is 1. The SMILES string of the molecule is CC(=O)c1c(C2CC2)c2cccc(C)c2n1C. The molecule has 1 aromatic heterocycles. The molecule has 3 rings (SSSR count). The standard InChI is InChI=1S/C15H17NO/c1-9-5-4-6-12-13(11-7-8-11)15(10(2)17)16(3)14(9)12/h4-6,11H,7-8H2,1-3H3. The predicted molar refractivity (Wildman–Crippen MR) is 69.6 cm³/mol. The normalized spacial score (nSPS) is 15.5. The van der Waals surface area contributed by atoms with Crippen molar-refractivity contribution in [1.29, 1.82) is 0 Å². The van der Waals surface area contributed by atoms with Crippen LogP contribution in [-0.4, -0.2) is 10.4 Å². The molecule has 1 aliphatic carbocycles. The molecule has 2 aromatic rings. The van der Waals surface area contributed by atoms with E-state index in [-0.39, 0.29) is 5.78 Å². The number of aryl methyl sites for hydroxylation is 2. The zero-order valence-electron chi connectivity index (χ0n) is 10.6. The Labute approximate surface area is 101 Å². The van der Waals surface area contributed by atoms with Crippen LogP contribution in [0.25, 0.3) is 10.9 Å². The minimum absolute atomic E-state index is 0.185. The fourth-order valence-electron chi connectivity index (χ4n) is 2.95. The number of benzene rings is 1. The number of para-hydroxylation sites is 1. The van der Waals surface area contributed by atoms with Crippen molar-refractivity contribution in [2.24, 2.45) is 7.05 Å². The molecule has 0 N–H and O–H groups in total. The van der Waals surface area contributed by atoms with Crippen molar-refractivity contribution >= 4 is 16.7 Å². The van der Waals surface area contributed by atoms with Crippen molar-refractivity contribution in [1.82, 2.24) is 4.57 Å². The number of Topliss-reactive ketones (excluding diaryl/α,β-unsaturated/α-hetero) is 1. The summed E-state index contributed by atoms with van der Waals surface area (Å²) in [6.45, 7) is 3.79. The maximum Gasteiger partial charge on any atom is 0.176 e. The molecule has 1 aromatic carbocycles. The fourth-order valence-corrected chi connectivity index (χ4v) is 2.95. The lowest BCUT2D eigenvalue weighted by Crippen LogP contribution is -2.04. The smallest absolute Gasteiger partial charge is 0.176 e. The summed E-state index contributed by atoms with van der Waals surface area (Å²) in [5.41, 5.74) is 4.68. The molecule has 0 unspecified atom stereocenters. The molecule has 1 fully saturated rings. The molecule has 17 heavy (non-hydrogen) atoms. The van der Waals surface area contributed by atoms with Gasteiger partial charge in [0, 0.05) is 19.4 Å². The molecule has 2 heteroatoms. The molecule has 0 aliphatic heterocycles. The zero-order valence-corrected chi connectivity index (χ0v) is 10.6. The third kappa shape index (κ3) is 1.43. The average Bonchev–Trinajstić information content (AvgIpc) is 3.04. The van der Waals surface area contributed by atoms with Crippen LogP contribution in [0.4, 0.5) is 0 Å². The van der Waals surface area contributed by atoms with Gasteiger partial charge in [-0.25, -0.2) is 0 Å². The maximum absolute atomic E-state index is 11.9. The van der Waals surface area contributed by atoms with Crippen LogP contribution in [0.1, 0.15) is 47.3 Å². The Bertz CT molecular complexity index is 617. The van der Waals surface area contributed by atoms with E-state index in [9.17, 15) is 4.79 Å². The Morgan fingerprint density at radius 1 is 1.35 bits per heavy atom. The lowest BCUT2D eigenvalue weighted by atomic mass is 10.0. The third-order valence-electron chi connectivity index (χ3n) is 3.77. The lowest BCUT2D eigenvalue weighted by molar-refractivity contribution is 0.100. The number of fused-ring (bicyclic) bond motifs is 1. The molecule has 1 heterocycles. The summed E-state index contributed by atoms with van der Waals surface area (Å²) in [7, 11) is 2.01. The van der Waals surface area contributed by atoms with Crippen molar-refractivity contribution in [2.45, 2.75) is 32.6 Å². The molecule has 2 nitrogen and oxygen atoms in total. The second-order valence-corrected chi connectivity index (χ2v) is 5.12. The van der Waals surface area contributed by atoms with Crippen molar-refractivity contribution < 1.29 is 4.79 Å². The highest BCUT2D eigenvalue weighted by atomic mass is 16.1. The molecule has 0 spiro atoms. The summed E-state index contributed by atoms with van der Waals surface area (Å²) in [4.78, 5) is 11.9. The van der Waals surface area contributed by atoms with Crippen LogP contribution < -0.4 is 0 Å². The van der Waals surface area contributed by atoms with E-state index in [0.29, 0.717) is 5.92 Å². The summed E-state index contributed by atoms with van der Waals surface area (Å²) >= 11 is 0. The number of ketones is 1. The number of nitrogens with zero attached hydrogens (tertiary/aromatic N) is 1. The van der Waals surface area contributed by atoms with Gasteiger partial charge in [0.2, 0.25) is 0 Å². The number of rotatable bonds is 2. The van der Waals surface area contributed by atoms with Gasteiger partial charge in [-0.15, -0.1) is 0 Å². The van der Waals surface area contributed by atoms with Gasteiger partial charge in [0.25, 0.3) is 0 Å². The van der Waals surface area contributed by atoms with Gasteiger partial charge >= 0.3 is 0 Å². The molecule has 0 amide bonds. The van der Waals surface area contributed by atoms with Crippen LogP contribution in [0.15, 0.2) is 18.2 Å². The molecule has 0 radical (unpaired) electrons. The zero-order chi connectivity index (χ0) is 12.2. The van der Waals surface area contributed by atoms with Crippen LogP contribution in [0.3, 0.4) is 0 Å². The highest BCUT2D eigenvalue weighted by Gasteiger charge is 2.32. The molecule has 0 saturated heterocycles. The molecule has 1 aliphatic rings. The fraction of sp³-hybridized carbons (Fsp3) is 0.400. The van der Waals surface area contributed by atoms with Gasteiger partial charge in [-0.05, 0) is 36.8 Å². The van der Waals surface area contributed by atoms with Crippen LogP contribution in [0.5, 0.6) is 0 Å². The van der Waals surface area contributed by atoms with Crippen molar-refractivity contribution in [3.8, 4) is 0 Å². The minimum atomic E-state index is 0.185. The summed E-state index contributed by atoms with van der Waals surface area (Å²) < 4.78 is 2.08. The average molecular weight is 227 g/mol. The van der Waals surface area contributed by atoms with E-state index in [4.69, 9.17) is 0 Å². The molecular formula is C15H17NO. The van der Waals surface area contributed by atoms with Gasteiger partial charge in [-0.3, -0.25) is 4.79 Å². The number of aromatic nitrogens is 1. The van der Waals surface area contributed by atoms with Crippen molar-refractivity contribution in [3.63, 3.8) is 0 Å². The van der Waals surface area contributed by atoms with E-state index < -0.39 is 0 Å². The molecule has 0 bridgehead atoms. The molecule has 0 atom stereocenters. The van der Waals surface area contributed by atoms with Gasteiger partial charge < -0.3 is 4.57 Å². The Morgan fingerprint density at radius 2 is 2.06 bits per heavy atom. The minimum Gasteiger partial charge on any atom is -0.341 e. The van der Waals surface area contributed by atoms with Gasteiger partial charge in [0.1, 0.15) is 0 Å². The maximum atomic E-state index is 11.9. The first-order valence-corrected chi connectivity index (χ1v) is 6.20. The second-order valence-electron chi connectivity index (χ2n) is 5.12. The first-order valence-electron chi connectivity index (χ1n) is 6.20. The lowest BCUT2D eigenvalue weighted by Gasteiger charge is -2.03. The Morgan fingerprint density at radius 3 is 2.65 bits per heavy atom. The summed E-state index contributed by atoms with van der Waals surface area (Å²) in [5.74, 6) is 0.796. The van der Waals surface area contributed by atoms with E-state index in [1.54, 1.807) is 6.92 Å². The quantitative estimate of drug-likeness (QED) is 0.719.